The number of amides is 1. The van der Waals surface area contributed by atoms with Crippen molar-refractivity contribution < 1.29 is 14.3 Å². The number of para-hydroxylation sites is 1. The molecule has 1 amide bonds. The number of methoxy groups -OCH3 is 1. The molecule has 0 saturated heterocycles. The second-order valence-corrected chi connectivity index (χ2v) is 5.12. The SMILES string of the molecule is CCCCC(=O)Nc1ccc(Nc2ccccc2C(=O)OC)nn1. The Hall–Kier alpha value is -2.96. The summed E-state index contributed by atoms with van der Waals surface area (Å²) in [6.07, 6.45) is 2.26. The molecule has 1 aromatic carbocycles. The molecule has 1 heterocycles. The lowest BCUT2D eigenvalue weighted by Gasteiger charge is -2.10. The zero-order valence-corrected chi connectivity index (χ0v) is 13.7. The molecule has 0 spiro atoms. The molecule has 0 radical (unpaired) electrons. The third-order valence-corrected chi connectivity index (χ3v) is 3.28. The second kappa shape index (κ2) is 8.61. The highest BCUT2D eigenvalue weighted by Gasteiger charge is 2.11. The number of nitrogens with zero attached hydrogens (tertiary/aromatic N) is 2. The van der Waals surface area contributed by atoms with E-state index in [0.717, 1.165) is 12.8 Å². The van der Waals surface area contributed by atoms with Gasteiger partial charge in [-0.05, 0) is 30.7 Å². The Morgan fingerprint density at radius 2 is 1.79 bits per heavy atom. The first kappa shape index (κ1) is 17.4. The number of aromatic nitrogens is 2. The Kier molecular flexibility index (Phi) is 6.24. The van der Waals surface area contributed by atoms with Crippen LogP contribution in [0.15, 0.2) is 36.4 Å². The lowest BCUT2D eigenvalue weighted by Crippen LogP contribution is -2.13. The topological polar surface area (TPSA) is 93.2 Å². The summed E-state index contributed by atoms with van der Waals surface area (Å²) in [5.74, 6) is 0.328. The van der Waals surface area contributed by atoms with Crippen molar-refractivity contribution in [1.82, 2.24) is 10.2 Å². The Balaban J connectivity index is 2.05. The Morgan fingerprint density at radius 1 is 1.08 bits per heavy atom. The maximum absolute atomic E-state index is 11.7. The predicted octanol–water partition coefficient (Wildman–Crippen LogP) is 3.14. The van der Waals surface area contributed by atoms with Gasteiger partial charge >= 0.3 is 5.97 Å². The van der Waals surface area contributed by atoms with Crippen LogP contribution in [0.2, 0.25) is 0 Å². The lowest BCUT2D eigenvalue weighted by molar-refractivity contribution is -0.116. The van der Waals surface area contributed by atoms with Gasteiger partial charge in [0.15, 0.2) is 11.6 Å². The molecular weight excluding hydrogens is 308 g/mol. The number of hydrogen-bond donors (Lipinski definition) is 2. The second-order valence-electron chi connectivity index (χ2n) is 5.12. The Bertz CT molecular complexity index is 701. The molecule has 1 aromatic heterocycles. The number of carbonyl (C=O) groups is 2. The number of ether oxygens (including phenoxy) is 1. The monoisotopic (exact) mass is 328 g/mol. The Morgan fingerprint density at radius 3 is 2.46 bits per heavy atom. The fourth-order valence-corrected chi connectivity index (χ4v) is 2.03. The average Bonchev–Trinajstić information content (AvgIpc) is 2.61. The smallest absolute Gasteiger partial charge is 0.339 e. The van der Waals surface area contributed by atoms with E-state index in [1.807, 2.05) is 6.92 Å². The van der Waals surface area contributed by atoms with Crippen molar-refractivity contribution in [2.24, 2.45) is 0 Å². The van der Waals surface area contributed by atoms with E-state index in [2.05, 4.69) is 20.8 Å². The molecule has 0 unspecified atom stereocenters. The number of unbranched alkanes of at least 4 members (excludes halogenated alkanes) is 1. The van der Waals surface area contributed by atoms with Gasteiger partial charge in [0.1, 0.15) is 0 Å². The number of nitrogens with one attached hydrogen (secondary N) is 2. The fourth-order valence-electron chi connectivity index (χ4n) is 2.03. The molecule has 0 bridgehead atoms. The summed E-state index contributed by atoms with van der Waals surface area (Å²) in [5.41, 5.74) is 0.970. The van der Waals surface area contributed by atoms with E-state index < -0.39 is 5.97 Å². The highest BCUT2D eigenvalue weighted by Crippen LogP contribution is 2.20. The van der Waals surface area contributed by atoms with E-state index in [0.29, 0.717) is 29.3 Å². The minimum atomic E-state index is -0.439. The molecule has 0 saturated carbocycles. The van der Waals surface area contributed by atoms with Crippen LogP contribution < -0.4 is 10.6 Å². The van der Waals surface area contributed by atoms with E-state index >= 15 is 0 Å². The number of anilines is 3. The molecular formula is C17H20N4O3. The van der Waals surface area contributed by atoms with Crippen LogP contribution >= 0.6 is 0 Å². The van der Waals surface area contributed by atoms with Crippen molar-refractivity contribution in [2.75, 3.05) is 17.7 Å². The van der Waals surface area contributed by atoms with Gasteiger partial charge in [0, 0.05) is 6.42 Å². The zero-order valence-electron chi connectivity index (χ0n) is 13.7. The van der Waals surface area contributed by atoms with E-state index in [1.165, 1.54) is 7.11 Å². The van der Waals surface area contributed by atoms with Crippen LogP contribution in [0.3, 0.4) is 0 Å². The summed E-state index contributed by atoms with van der Waals surface area (Å²) in [5, 5.41) is 13.7. The maximum atomic E-state index is 11.7. The van der Waals surface area contributed by atoms with Crippen LogP contribution in [0.1, 0.15) is 36.5 Å². The van der Waals surface area contributed by atoms with Crippen LogP contribution in [0.4, 0.5) is 17.3 Å². The van der Waals surface area contributed by atoms with Crippen molar-refractivity contribution in [3.05, 3.63) is 42.0 Å². The highest BCUT2D eigenvalue weighted by molar-refractivity contribution is 5.96. The summed E-state index contributed by atoms with van der Waals surface area (Å²) >= 11 is 0. The van der Waals surface area contributed by atoms with Gasteiger partial charge in [-0.15, -0.1) is 10.2 Å². The van der Waals surface area contributed by atoms with Gasteiger partial charge in [0.2, 0.25) is 5.91 Å². The summed E-state index contributed by atoms with van der Waals surface area (Å²) in [4.78, 5) is 23.4. The third kappa shape index (κ3) is 4.77. The van der Waals surface area contributed by atoms with E-state index in [9.17, 15) is 9.59 Å². The van der Waals surface area contributed by atoms with Crippen LogP contribution in [0.5, 0.6) is 0 Å². The molecule has 2 rings (SSSR count). The average molecular weight is 328 g/mol. The minimum Gasteiger partial charge on any atom is -0.465 e. The zero-order chi connectivity index (χ0) is 17.4. The first-order valence-corrected chi connectivity index (χ1v) is 7.72. The van der Waals surface area contributed by atoms with Crippen molar-refractivity contribution in [1.29, 1.82) is 0 Å². The number of hydrogen-bond acceptors (Lipinski definition) is 6. The predicted molar refractivity (Wildman–Crippen MR) is 91.3 cm³/mol. The van der Waals surface area contributed by atoms with Gasteiger partial charge in [-0.2, -0.15) is 0 Å². The van der Waals surface area contributed by atoms with Crippen molar-refractivity contribution in [3.8, 4) is 0 Å². The van der Waals surface area contributed by atoms with Gasteiger partial charge < -0.3 is 15.4 Å². The normalized spacial score (nSPS) is 10.1. The van der Waals surface area contributed by atoms with Crippen LogP contribution in [0, 0.1) is 0 Å². The summed E-state index contributed by atoms with van der Waals surface area (Å²) in [6.45, 7) is 2.03. The van der Waals surface area contributed by atoms with Gasteiger partial charge in [-0.25, -0.2) is 4.79 Å². The number of carbonyl (C=O) groups excluding carboxylic acids is 2. The van der Waals surface area contributed by atoms with Crippen LogP contribution in [-0.2, 0) is 9.53 Å². The largest absolute Gasteiger partial charge is 0.465 e. The molecule has 2 aromatic rings. The lowest BCUT2D eigenvalue weighted by atomic mass is 10.2. The molecule has 0 aliphatic rings. The molecule has 0 atom stereocenters. The number of esters is 1. The van der Waals surface area contributed by atoms with E-state index in [4.69, 9.17) is 4.74 Å². The summed E-state index contributed by atoms with van der Waals surface area (Å²) < 4.78 is 4.75. The van der Waals surface area contributed by atoms with E-state index in [1.54, 1.807) is 36.4 Å². The minimum absolute atomic E-state index is 0.0807. The molecule has 0 aliphatic heterocycles. The number of benzene rings is 1. The fraction of sp³-hybridized carbons (Fsp3) is 0.294. The molecule has 0 fully saturated rings. The first-order chi connectivity index (χ1) is 11.6. The number of rotatable bonds is 7. The maximum Gasteiger partial charge on any atom is 0.339 e. The van der Waals surface area contributed by atoms with Gasteiger partial charge in [-0.1, -0.05) is 25.5 Å². The quantitative estimate of drug-likeness (QED) is 0.759. The Labute approximate surface area is 140 Å². The van der Waals surface area contributed by atoms with Crippen molar-refractivity contribution in [2.45, 2.75) is 26.2 Å². The third-order valence-electron chi connectivity index (χ3n) is 3.28. The van der Waals surface area contributed by atoms with E-state index in [-0.39, 0.29) is 5.91 Å². The first-order valence-electron chi connectivity index (χ1n) is 7.72. The molecule has 24 heavy (non-hydrogen) atoms. The highest BCUT2D eigenvalue weighted by atomic mass is 16.5. The van der Waals surface area contributed by atoms with Gasteiger partial charge in [-0.3, -0.25) is 4.79 Å². The summed E-state index contributed by atoms with van der Waals surface area (Å²) in [7, 11) is 1.33. The molecule has 7 nitrogen and oxygen atoms in total. The van der Waals surface area contributed by atoms with Gasteiger partial charge in [0.25, 0.3) is 0 Å². The van der Waals surface area contributed by atoms with Crippen LogP contribution in [0.25, 0.3) is 0 Å². The standard InChI is InChI=1S/C17H20N4O3/c1-3-4-9-16(22)19-15-11-10-14(20-21-15)18-13-8-6-5-7-12(13)17(23)24-2/h5-8,10-11H,3-4,9H2,1-2H3,(H,18,20)(H,19,21,22). The van der Waals surface area contributed by atoms with Crippen molar-refractivity contribution in [3.63, 3.8) is 0 Å². The molecule has 7 heteroatoms. The van der Waals surface area contributed by atoms with Gasteiger partial charge in [0.05, 0.1) is 18.4 Å². The molecule has 126 valence electrons. The molecule has 2 N–H and O–H groups in total. The van der Waals surface area contributed by atoms with Crippen molar-refractivity contribution >= 4 is 29.2 Å². The van der Waals surface area contributed by atoms with Crippen LogP contribution in [-0.4, -0.2) is 29.2 Å². The summed E-state index contributed by atoms with van der Waals surface area (Å²) in [6, 6.07) is 10.3. The molecule has 0 aliphatic carbocycles.